The van der Waals surface area contributed by atoms with Crippen molar-refractivity contribution in [1.29, 1.82) is 0 Å². The lowest BCUT2D eigenvalue weighted by Crippen LogP contribution is -2.26. The summed E-state index contributed by atoms with van der Waals surface area (Å²) in [5.41, 5.74) is 0.330. The minimum Gasteiger partial charge on any atom is -0.375 e. The Labute approximate surface area is 104 Å². The summed E-state index contributed by atoms with van der Waals surface area (Å²) in [6.07, 6.45) is 0. The van der Waals surface area contributed by atoms with Crippen molar-refractivity contribution in [3.05, 3.63) is 29.6 Å². The smallest absolute Gasteiger partial charge is 0.254 e. The van der Waals surface area contributed by atoms with Crippen LogP contribution in [0.3, 0.4) is 0 Å². The molecule has 1 aliphatic rings. The molecule has 5 nitrogen and oxygen atoms in total. The van der Waals surface area contributed by atoms with Gasteiger partial charge in [0.1, 0.15) is 5.84 Å². The van der Waals surface area contributed by atoms with Gasteiger partial charge in [-0.05, 0) is 12.1 Å². The van der Waals surface area contributed by atoms with Crippen molar-refractivity contribution < 1.29 is 9.18 Å². The third-order valence-corrected chi connectivity index (χ3v) is 2.66. The van der Waals surface area contributed by atoms with Crippen LogP contribution in [0.1, 0.15) is 10.4 Å². The van der Waals surface area contributed by atoms with Crippen molar-refractivity contribution in [2.24, 2.45) is 4.99 Å². The average Bonchev–Trinajstić information content (AvgIpc) is 2.90. The summed E-state index contributed by atoms with van der Waals surface area (Å²) in [7, 11) is 1.47. The molecule has 0 aliphatic carbocycles. The molecule has 0 saturated carbocycles. The molecule has 0 bridgehead atoms. The molecule has 0 radical (unpaired) electrons. The Bertz CT molecular complexity index is 487. The molecule has 0 fully saturated rings. The molecular weight excluding hydrogens is 235 g/mol. The summed E-state index contributed by atoms with van der Waals surface area (Å²) in [6.45, 7) is 1.99. The highest BCUT2D eigenvalue weighted by Crippen LogP contribution is 2.17. The Morgan fingerprint density at radius 2 is 2.39 bits per heavy atom. The number of amides is 1. The molecule has 1 heterocycles. The van der Waals surface area contributed by atoms with E-state index in [-0.39, 0.29) is 5.56 Å². The molecule has 1 aliphatic heterocycles. The maximum atomic E-state index is 14.0. The summed E-state index contributed by atoms with van der Waals surface area (Å²) >= 11 is 0. The van der Waals surface area contributed by atoms with Crippen LogP contribution in [0.2, 0.25) is 0 Å². The maximum Gasteiger partial charge on any atom is 0.254 e. The second-order valence-electron chi connectivity index (χ2n) is 3.85. The Hall–Kier alpha value is -2.11. The van der Waals surface area contributed by atoms with Gasteiger partial charge in [0.15, 0.2) is 5.82 Å². The van der Waals surface area contributed by atoms with E-state index in [0.717, 1.165) is 18.9 Å². The highest BCUT2D eigenvalue weighted by atomic mass is 19.1. The van der Waals surface area contributed by atoms with Crippen LogP contribution in [0, 0.1) is 5.82 Å². The normalized spacial score (nSPS) is 13.8. The van der Waals surface area contributed by atoms with E-state index in [4.69, 9.17) is 0 Å². The SMILES string of the molecule is CNC(=O)c1cccc(NCC2=NCCN2)c1F. The van der Waals surface area contributed by atoms with Crippen LogP contribution < -0.4 is 16.0 Å². The fourth-order valence-corrected chi connectivity index (χ4v) is 1.72. The number of hydrogen-bond acceptors (Lipinski definition) is 4. The van der Waals surface area contributed by atoms with Gasteiger partial charge in [-0.3, -0.25) is 9.79 Å². The predicted molar refractivity (Wildman–Crippen MR) is 68.6 cm³/mol. The Morgan fingerprint density at radius 3 is 3.06 bits per heavy atom. The lowest BCUT2D eigenvalue weighted by atomic mass is 10.1. The molecular formula is C12H15FN4O. The predicted octanol–water partition coefficient (Wildman–Crippen LogP) is 0.599. The molecule has 0 aromatic heterocycles. The van der Waals surface area contributed by atoms with E-state index >= 15 is 0 Å². The van der Waals surface area contributed by atoms with E-state index in [2.05, 4.69) is 20.9 Å². The maximum absolute atomic E-state index is 14.0. The first-order chi connectivity index (χ1) is 8.72. The number of nitrogens with one attached hydrogen (secondary N) is 3. The zero-order valence-electron chi connectivity index (χ0n) is 10.1. The monoisotopic (exact) mass is 250 g/mol. The van der Waals surface area contributed by atoms with E-state index < -0.39 is 11.7 Å². The molecule has 2 rings (SSSR count). The molecule has 0 spiro atoms. The van der Waals surface area contributed by atoms with Crippen molar-refractivity contribution in [3.63, 3.8) is 0 Å². The number of benzene rings is 1. The fourth-order valence-electron chi connectivity index (χ4n) is 1.72. The van der Waals surface area contributed by atoms with Crippen LogP contribution in [0.5, 0.6) is 0 Å². The van der Waals surface area contributed by atoms with Crippen molar-refractivity contribution in [1.82, 2.24) is 10.6 Å². The third-order valence-electron chi connectivity index (χ3n) is 2.66. The molecule has 1 aromatic carbocycles. The van der Waals surface area contributed by atoms with Gasteiger partial charge in [0, 0.05) is 13.6 Å². The standard InChI is InChI=1S/C12H15FN4O/c1-14-12(18)8-3-2-4-9(11(8)13)17-7-10-15-5-6-16-10/h2-4,17H,5-7H2,1H3,(H,14,18)(H,15,16). The largest absolute Gasteiger partial charge is 0.375 e. The second kappa shape index (κ2) is 5.48. The number of aliphatic imine (C=N–C) groups is 1. The molecule has 0 saturated heterocycles. The molecule has 96 valence electrons. The third kappa shape index (κ3) is 2.58. The van der Waals surface area contributed by atoms with E-state index in [9.17, 15) is 9.18 Å². The van der Waals surface area contributed by atoms with Crippen molar-refractivity contribution in [2.45, 2.75) is 0 Å². The fraction of sp³-hybridized carbons (Fsp3) is 0.333. The number of amidine groups is 1. The Kier molecular flexibility index (Phi) is 3.76. The van der Waals surface area contributed by atoms with Crippen molar-refractivity contribution in [2.75, 3.05) is 32.0 Å². The quantitative estimate of drug-likeness (QED) is 0.733. The molecule has 18 heavy (non-hydrogen) atoms. The topological polar surface area (TPSA) is 65.5 Å². The number of nitrogens with zero attached hydrogens (tertiary/aromatic N) is 1. The molecule has 0 unspecified atom stereocenters. The van der Waals surface area contributed by atoms with E-state index in [1.165, 1.54) is 13.1 Å². The van der Waals surface area contributed by atoms with Crippen molar-refractivity contribution in [3.8, 4) is 0 Å². The minimum absolute atomic E-state index is 0.0313. The van der Waals surface area contributed by atoms with Gasteiger partial charge in [-0.1, -0.05) is 6.07 Å². The first-order valence-electron chi connectivity index (χ1n) is 5.74. The summed E-state index contributed by atoms with van der Waals surface area (Å²) in [6, 6.07) is 4.68. The van der Waals surface area contributed by atoms with Gasteiger partial charge in [-0.2, -0.15) is 0 Å². The van der Waals surface area contributed by atoms with Crippen LogP contribution in [-0.4, -0.2) is 38.4 Å². The first-order valence-corrected chi connectivity index (χ1v) is 5.74. The number of halogens is 1. The summed E-state index contributed by atoms with van der Waals surface area (Å²) < 4.78 is 14.0. The Morgan fingerprint density at radius 1 is 1.56 bits per heavy atom. The number of rotatable bonds is 4. The second-order valence-corrected chi connectivity index (χ2v) is 3.85. The molecule has 6 heteroatoms. The van der Waals surface area contributed by atoms with Crippen LogP contribution in [0.25, 0.3) is 0 Å². The summed E-state index contributed by atoms with van der Waals surface area (Å²) in [5, 5.41) is 8.41. The van der Waals surface area contributed by atoms with Gasteiger partial charge in [0.05, 0.1) is 24.3 Å². The lowest BCUT2D eigenvalue weighted by molar-refractivity contribution is 0.0959. The lowest BCUT2D eigenvalue weighted by Gasteiger charge is -2.10. The van der Waals surface area contributed by atoms with Crippen LogP contribution >= 0.6 is 0 Å². The molecule has 1 aromatic rings. The number of carbonyl (C=O) groups is 1. The van der Waals surface area contributed by atoms with Crippen LogP contribution in [0.4, 0.5) is 10.1 Å². The van der Waals surface area contributed by atoms with E-state index in [1.54, 1.807) is 12.1 Å². The van der Waals surface area contributed by atoms with Gasteiger partial charge in [-0.25, -0.2) is 4.39 Å². The molecule has 3 N–H and O–H groups in total. The van der Waals surface area contributed by atoms with Crippen LogP contribution in [0.15, 0.2) is 23.2 Å². The van der Waals surface area contributed by atoms with Gasteiger partial charge in [0.25, 0.3) is 5.91 Å². The average molecular weight is 250 g/mol. The van der Waals surface area contributed by atoms with Gasteiger partial charge < -0.3 is 16.0 Å². The minimum atomic E-state index is -0.546. The highest BCUT2D eigenvalue weighted by molar-refractivity contribution is 5.95. The van der Waals surface area contributed by atoms with E-state index in [1.807, 2.05) is 0 Å². The number of hydrogen-bond donors (Lipinski definition) is 3. The summed E-state index contributed by atoms with van der Waals surface area (Å²) in [5.74, 6) is -0.178. The van der Waals surface area contributed by atoms with Gasteiger partial charge >= 0.3 is 0 Å². The molecule has 0 atom stereocenters. The number of carbonyl (C=O) groups excluding carboxylic acids is 1. The zero-order chi connectivity index (χ0) is 13.0. The number of anilines is 1. The van der Waals surface area contributed by atoms with E-state index in [0.29, 0.717) is 12.2 Å². The van der Waals surface area contributed by atoms with Gasteiger partial charge in [-0.15, -0.1) is 0 Å². The first kappa shape index (κ1) is 12.3. The van der Waals surface area contributed by atoms with Crippen molar-refractivity contribution >= 4 is 17.4 Å². The summed E-state index contributed by atoms with van der Waals surface area (Å²) in [4.78, 5) is 15.6. The molecule has 1 amide bonds. The Balaban J connectivity index is 2.10. The highest BCUT2D eigenvalue weighted by Gasteiger charge is 2.14. The van der Waals surface area contributed by atoms with Gasteiger partial charge in [0.2, 0.25) is 0 Å². The van der Waals surface area contributed by atoms with Crippen LogP contribution in [-0.2, 0) is 0 Å². The zero-order valence-corrected chi connectivity index (χ0v) is 10.1.